The number of amides is 1. The summed E-state index contributed by atoms with van der Waals surface area (Å²) >= 11 is 0. The number of nitrogens with zero attached hydrogens (tertiary/aromatic N) is 4. The number of rotatable bonds is 5. The number of nitrogens with one attached hydrogen (secondary N) is 2. The quantitative estimate of drug-likeness (QED) is 0.534. The molecule has 1 amide bonds. The van der Waals surface area contributed by atoms with E-state index in [1.165, 1.54) is 12.4 Å². The molecular weight excluding hydrogens is 380 g/mol. The van der Waals surface area contributed by atoms with Crippen LogP contribution in [0.2, 0.25) is 0 Å². The third-order valence-electron chi connectivity index (χ3n) is 4.61. The molecule has 0 aliphatic heterocycles. The predicted octanol–water partition coefficient (Wildman–Crippen LogP) is 2.78. The molecule has 0 unspecified atom stereocenters. The van der Waals surface area contributed by atoms with E-state index in [1.807, 2.05) is 43.3 Å². The topological polar surface area (TPSA) is 114 Å². The summed E-state index contributed by atoms with van der Waals surface area (Å²) in [5.41, 5.74) is 2.77. The lowest BCUT2D eigenvalue weighted by atomic mass is 10.0. The largest absolute Gasteiger partial charge is 0.345 e. The monoisotopic (exact) mass is 398 g/mol. The third-order valence-corrected chi connectivity index (χ3v) is 4.61. The Morgan fingerprint density at radius 2 is 1.80 bits per heavy atom. The van der Waals surface area contributed by atoms with E-state index in [9.17, 15) is 9.59 Å². The zero-order valence-electron chi connectivity index (χ0n) is 16.1. The second-order valence-corrected chi connectivity index (χ2v) is 6.64. The van der Waals surface area contributed by atoms with Crippen molar-refractivity contribution in [3.05, 3.63) is 94.8 Å². The lowest BCUT2D eigenvalue weighted by Gasteiger charge is -2.14. The van der Waals surface area contributed by atoms with Crippen LogP contribution in [-0.2, 0) is 0 Å². The van der Waals surface area contributed by atoms with Gasteiger partial charge in [-0.05, 0) is 41.8 Å². The van der Waals surface area contributed by atoms with Crippen LogP contribution in [0.1, 0.15) is 28.9 Å². The summed E-state index contributed by atoms with van der Waals surface area (Å²) in [7, 11) is 0. The molecule has 0 radical (unpaired) electrons. The van der Waals surface area contributed by atoms with Gasteiger partial charge in [0, 0.05) is 24.8 Å². The van der Waals surface area contributed by atoms with Gasteiger partial charge in [0.2, 0.25) is 0 Å². The highest BCUT2D eigenvalue weighted by Gasteiger charge is 2.16. The first-order valence-electron chi connectivity index (χ1n) is 9.30. The first kappa shape index (κ1) is 19.1. The standard InChI is InChI=1S/C22H18N6O2/c1-14(15-6-8-16(9-7-15)17-4-2-10-23-12-17)26-21(29)18-13-24-20(27-22(18)30)19-5-3-11-25-28-19/h2-14H,1H3,(H,26,29)(H,24,27,30)/t14-/m0/s1. The Labute approximate surface area is 172 Å². The highest BCUT2D eigenvalue weighted by atomic mass is 16.2. The minimum atomic E-state index is -0.540. The summed E-state index contributed by atoms with van der Waals surface area (Å²) in [6.07, 6.45) is 6.29. The van der Waals surface area contributed by atoms with Gasteiger partial charge in [-0.25, -0.2) is 4.98 Å². The molecule has 8 nitrogen and oxygen atoms in total. The van der Waals surface area contributed by atoms with E-state index >= 15 is 0 Å². The van der Waals surface area contributed by atoms with E-state index in [-0.39, 0.29) is 17.4 Å². The normalized spacial score (nSPS) is 11.6. The van der Waals surface area contributed by atoms with Crippen molar-refractivity contribution in [2.45, 2.75) is 13.0 Å². The summed E-state index contributed by atoms with van der Waals surface area (Å²) in [5, 5.41) is 10.5. The fourth-order valence-corrected chi connectivity index (χ4v) is 2.97. The van der Waals surface area contributed by atoms with Crippen molar-refractivity contribution in [1.29, 1.82) is 0 Å². The molecule has 8 heteroatoms. The number of pyridine rings is 1. The summed E-state index contributed by atoms with van der Waals surface area (Å²) in [4.78, 5) is 35.8. The summed E-state index contributed by atoms with van der Waals surface area (Å²) in [5.74, 6) is -0.248. The molecule has 0 saturated heterocycles. The Kier molecular flexibility index (Phi) is 5.38. The number of aromatic amines is 1. The van der Waals surface area contributed by atoms with Gasteiger partial charge < -0.3 is 10.3 Å². The van der Waals surface area contributed by atoms with Crippen LogP contribution in [-0.4, -0.2) is 31.1 Å². The molecule has 1 aromatic carbocycles. The van der Waals surface area contributed by atoms with Crippen molar-refractivity contribution in [2.24, 2.45) is 0 Å². The molecule has 4 rings (SSSR count). The van der Waals surface area contributed by atoms with Crippen molar-refractivity contribution in [2.75, 3.05) is 0 Å². The number of aromatic nitrogens is 5. The molecule has 3 aromatic heterocycles. The van der Waals surface area contributed by atoms with Crippen LogP contribution >= 0.6 is 0 Å². The van der Waals surface area contributed by atoms with Gasteiger partial charge in [-0.15, -0.1) is 5.10 Å². The second-order valence-electron chi connectivity index (χ2n) is 6.64. The predicted molar refractivity (Wildman–Crippen MR) is 111 cm³/mol. The van der Waals surface area contributed by atoms with Crippen LogP contribution in [0.5, 0.6) is 0 Å². The van der Waals surface area contributed by atoms with E-state index in [2.05, 4.69) is 30.5 Å². The molecule has 0 fully saturated rings. The van der Waals surface area contributed by atoms with Gasteiger partial charge in [0.15, 0.2) is 5.82 Å². The van der Waals surface area contributed by atoms with E-state index in [0.717, 1.165) is 16.7 Å². The molecule has 3 heterocycles. The lowest BCUT2D eigenvalue weighted by molar-refractivity contribution is 0.0938. The van der Waals surface area contributed by atoms with Gasteiger partial charge in [0.25, 0.3) is 11.5 Å². The summed E-state index contributed by atoms with van der Waals surface area (Å²) in [6.45, 7) is 1.85. The van der Waals surface area contributed by atoms with Crippen molar-refractivity contribution in [3.63, 3.8) is 0 Å². The first-order valence-corrected chi connectivity index (χ1v) is 9.30. The molecular formula is C22H18N6O2. The highest BCUT2D eigenvalue weighted by molar-refractivity contribution is 5.93. The Morgan fingerprint density at radius 1 is 1.00 bits per heavy atom. The lowest BCUT2D eigenvalue weighted by Crippen LogP contribution is -2.32. The van der Waals surface area contributed by atoms with Crippen molar-refractivity contribution in [3.8, 4) is 22.6 Å². The fraction of sp³-hybridized carbons (Fsp3) is 0.0909. The Bertz CT molecular complexity index is 1210. The maximum atomic E-state index is 12.6. The molecule has 0 aliphatic carbocycles. The second kappa shape index (κ2) is 8.44. The van der Waals surface area contributed by atoms with Crippen molar-refractivity contribution >= 4 is 5.91 Å². The summed E-state index contributed by atoms with van der Waals surface area (Å²) in [6, 6.07) is 14.7. The molecule has 0 saturated carbocycles. The van der Waals surface area contributed by atoms with E-state index < -0.39 is 11.5 Å². The molecule has 2 N–H and O–H groups in total. The van der Waals surface area contributed by atoms with Crippen molar-refractivity contribution in [1.82, 2.24) is 30.5 Å². The molecule has 148 valence electrons. The molecule has 30 heavy (non-hydrogen) atoms. The van der Waals surface area contributed by atoms with Crippen molar-refractivity contribution < 1.29 is 4.79 Å². The average Bonchev–Trinajstić information content (AvgIpc) is 2.80. The SMILES string of the molecule is C[C@H](NC(=O)c1cnc(-c2cccnn2)[nH]c1=O)c1ccc(-c2cccnc2)cc1. The number of carbonyl (C=O) groups excluding carboxylic acids is 1. The fourth-order valence-electron chi connectivity index (χ4n) is 2.97. The van der Waals surface area contributed by atoms with Gasteiger partial charge >= 0.3 is 0 Å². The molecule has 0 spiro atoms. The first-order chi connectivity index (χ1) is 14.6. The molecule has 0 bridgehead atoms. The maximum Gasteiger partial charge on any atom is 0.264 e. The van der Waals surface area contributed by atoms with Crippen LogP contribution < -0.4 is 10.9 Å². The Balaban J connectivity index is 1.48. The van der Waals surface area contributed by atoms with Crippen LogP contribution in [0, 0.1) is 0 Å². The van der Waals surface area contributed by atoms with Gasteiger partial charge in [0.1, 0.15) is 11.3 Å². The van der Waals surface area contributed by atoms with Gasteiger partial charge in [-0.1, -0.05) is 30.3 Å². The zero-order chi connectivity index (χ0) is 20.9. The van der Waals surface area contributed by atoms with E-state index in [0.29, 0.717) is 5.69 Å². The van der Waals surface area contributed by atoms with Crippen LogP contribution in [0.15, 0.2) is 78.1 Å². The van der Waals surface area contributed by atoms with E-state index in [1.54, 1.807) is 24.5 Å². The Hall–Kier alpha value is -4.20. The van der Waals surface area contributed by atoms with Gasteiger partial charge in [0.05, 0.1) is 6.04 Å². The highest BCUT2D eigenvalue weighted by Crippen LogP contribution is 2.21. The van der Waals surface area contributed by atoms with Crippen LogP contribution in [0.3, 0.4) is 0 Å². The molecule has 0 aliphatic rings. The molecule has 4 aromatic rings. The van der Waals surface area contributed by atoms with E-state index in [4.69, 9.17) is 0 Å². The summed E-state index contributed by atoms with van der Waals surface area (Å²) < 4.78 is 0. The minimum absolute atomic E-state index is 0.0681. The number of H-pyrrole nitrogens is 1. The zero-order valence-corrected chi connectivity index (χ0v) is 16.1. The number of hydrogen-bond donors (Lipinski definition) is 2. The molecule has 1 atom stereocenters. The average molecular weight is 398 g/mol. The van der Waals surface area contributed by atoms with Crippen LogP contribution in [0.4, 0.5) is 0 Å². The number of carbonyl (C=O) groups is 1. The number of hydrogen-bond acceptors (Lipinski definition) is 6. The maximum absolute atomic E-state index is 12.6. The smallest absolute Gasteiger partial charge is 0.264 e. The van der Waals surface area contributed by atoms with Crippen LogP contribution in [0.25, 0.3) is 22.6 Å². The number of benzene rings is 1. The van der Waals surface area contributed by atoms with Gasteiger partial charge in [-0.2, -0.15) is 5.10 Å². The van der Waals surface area contributed by atoms with Gasteiger partial charge in [-0.3, -0.25) is 14.6 Å². The Morgan fingerprint density at radius 3 is 2.47 bits per heavy atom. The third kappa shape index (κ3) is 4.12. The minimum Gasteiger partial charge on any atom is -0.345 e.